The van der Waals surface area contributed by atoms with Crippen molar-refractivity contribution in [2.45, 2.75) is 44.9 Å². The lowest BCUT2D eigenvalue weighted by atomic mass is 9.76. The molecule has 0 aliphatic rings. The Labute approximate surface area is 225 Å². The van der Waals surface area contributed by atoms with E-state index in [0.29, 0.717) is 39.3 Å². The van der Waals surface area contributed by atoms with Gasteiger partial charge < -0.3 is 52.7 Å². The first-order valence-electron chi connectivity index (χ1n) is 14.1. The van der Waals surface area contributed by atoms with Gasteiger partial charge in [0.05, 0.1) is 12.2 Å². The third-order valence-electron chi connectivity index (χ3n) is 5.49. The highest BCUT2D eigenvalue weighted by atomic mass is 16.3. The maximum Gasteiger partial charge on any atom is 0.229 e. The Hall–Kier alpha value is -1.25. The molecule has 0 aromatic heterocycles. The SMILES string of the molecule is CBCC(O)CNCCNCCNCCNC(=O)CC(=O)NCCNCCNCCNCC(O)CBC. The Morgan fingerprint density at radius 1 is 0.541 bits per heavy atom. The van der Waals surface area contributed by atoms with E-state index in [4.69, 9.17) is 0 Å². The zero-order chi connectivity index (χ0) is 27.4. The second-order valence-electron chi connectivity index (χ2n) is 9.17. The summed E-state index contributed by atoms with van der Waals surface area (Å²) in [6, 6.07) is 0. The van der Waals surface area contributed by atoms with Gasteiger partial charge in [0, 0.05) is 91.6 Å². The number of hydrogen-bond donors (Lipinski definition) is 10. The van der Waals surface area contributed by atoms with Gasteiger partial charge in [-0.05, 0) is 0 Å². The van der Waals surface area contributed by atoms with E-state index in [1.807, 2.05) is 0 Å². The minimum atomic E-state index is -0.276. The predicted molar refractivity (Wildman–Crippen MR) is 156 cm³/mol. The number of rotatable bonds is 28. The summed E-state index contributed by atoms with van der Waals surface area (Å²) >= 11 is 0. The molecule has 2 amide bonds. The van der Waals surface area contributed by atoms with Gasteiger partial charge in [0.25, 0.3) is 0 Å². The topological polar surface area (TPSA) is 171 Å². The third-order valence-corrected chi connectivity index (χ3v) is 5.49. The highest BCUT2D eigenvalue weighted by Crippen LogP contribution is 1.88. The molecule has 216 valence electrons. The van der Waals surface area contributed by atoms with Gasteiger partial charge >= 0.3 is 0 Å². The van der Waals surface area contributed by atoms with Crippen molar-refractivity contribution in [2.75, 3.05) is 91.6 Å². The highest BCUT2D eigenvalue weighted by Gasteiger charge is 2.08. The molecule has 0 aromatic carbocycles. The van der Waals surface area contributed by atoms with E-state index < -0.39 is 0 Å². The number of amides is 2. The van der Waals surface area contributed by atoms with Gasteiger partial charge in [0.1, 0.15) is 21.0 Å². The van der Waals surface area contributed by atoms with Crippen molar-refractivity contribution in [1.82, 2.24) is 42.5 Å². The smallest absolute Gasteiger partial charge is 0.229 e. The maximum absolute atomic E-state index is 11.9. The fourth-order valence-electron chi connectivity index (χ4n) is 3.47. The van der Waals surface area contributed by atoms with Crippen molar-refractivity contribution in [3.8, 4) is 0 Å². The largest absolute Gasteiger partial charge is 0.393 e. The molecule has 0 fully saturated rings. The molecule has 37 heavy (non-hydrogen) atoms. The van der Waals surface area contributed by atoms with Gasteiger partial charge in [-0.25, -0.2) is 0 Å². The summed E-state index contributed by atoms with van der Waals surface area (Å²) in [5.41, 5.74) is 0. The van der Waals surface area contributed by atoms with Crippen molar-refractivity contribution in [3.63, 3.8) is 0 Å². The first kappa shape index (κ1) is 35.7. The van der Waals surface area contributed by atoms with Crippen LogP contribution in [0.2, 0.25) is 26.3 Å². The summed E-state index contributed by atoms with van der Waals surface area (Å²) in [6.45, 7) is 14.2. The average Bonchev–Trinajstić information content (AvgIpc) is 2.86. The van der Waals surface area contributed by atoms with Gasteiger partial charge in [-0.15, -0.1) is 0 Å². The van der Waals surface area contributed by atoms with Gasteiger partial charge in [-0.2, -0.15) is 0 Å². The van der Waals surface area contributed by atoms with Crippen LogP contribution in [0.4, 0.5) is 0 Å². The predicted octanol–water partition coefficient (Wildman–Crippen LogP) is -4.33. The zero-order valence-corrected chi connectivity index (χ0v) is 23.3. The fraction of sp³-hybridized carbons (Fsp3) is 0.913. The van der Waals surface area contributed by atoms with E-state index in [9.17, 15) is 19.8 Å². The lowest BCUT2D eigenvalue weighted by Crippen LogP contribution is -2.39. The number of carbonyl (C=O) groups is 2. The first-order chi connectivity index (χ1) is 18.0. The average molecular weight is 528 g/mol. The van der Waals surface area contributed by atoms with Crippen molar-refractivity contribution >= 4 is 26.4 Å². The summed E-state index contributed by atoms with van der Waals surface area (Å²) in [7, 11) is 1.98. The molecule has 2 atom stereocenters. The van der Waals surface area contributed by atoms with Crippen molar-refractivity contribution in [3.05, 3.63) is 0 Å². The van der Waals surface area contributed by atoms with Crippen LogP contribution in [0.25, 0.3) is 0 Å². The second-order valence-corrected chi connectivity index (χ2v) is 9.17. The number of carbonyl (C=O) groups excluding carboxylic acids is 2. The van der Waals surface area contributed by atoms with Crippen LogP contribution in [-0.2, 0) is 9.59 Å². The van der Waals surface area contributed by atoms with Crippen LogP contribution in [0.15, 0.2) is 0 Å². The molecule has 0 radical (unpaired) electrons. The highest BCUT2D eigenvalue weighted by molar-refractivity contribution is 6.33. The third kappa shape index (κ3) is 27.6. The van der Waals surface area contributed by atoms with Crippen LogP contribution in [-0.4, -0.2) is 140 Å². The molecular weight excluding hydrogens is 474 g/mol. The monoisotopic (exact) mass is 528 g/mol. The van der Waals surface area contributed by atoms with E-state index in [-0.39, 0.29) is 30.4 Å². The molecular formula is C23H54B2N8O4. The van der Waals surface area contributed by atoms with E-state index >= 15 is 0 Å². The van der Waals surface area contributed by atoms with Crippen LogP contribution in [0.3, 0.4) is 0 Å². The Morgan fingerprint density at radius 2 is 0.838 bits per heavy atom. The van der Waals surface area contributed by atoms with Crippen molar-refractivity contribution < 1.29 is 19.8 Å². The Kier molecular flexibility index (Phi) is 26.8. The molecule has 0 spiro atoms. The quantitative estimate of drug-likeness (QED) is 0.0272. The molecule has 0 aliphatic heterocycles. The van der Waals surface area contributed by atoms with Crippen LogP contribution in [0.1, 0.15) is 6.42 Å². The van der Waals surface area contributed by atoms with Gasteiger partial charge in [0.2, 0.25) is 11.8 Å². The van der Waals surface area contributed by atoms with Crippen LogP contribution in [0, 0.1) is 0 Å². The molecule has 0 rings (SSSR count). The second kappa shape index (κ2) is 27.8. The summed E-state index contributed by atoms with van der Waals surface area (Å²) in [5, 5.41) is 44.3. The minimum Gasteiger partial charge on any atom is -0.393 e. The molecule has 14 heteroatoms. The molecule has 12 nitrogen and oxygen atoms in total. The normalized spacial score (nSPS) is 12.6. The summed E-state index contributed by atoms with van der Waals surface area (Å²) < 4.78 is 0. The minimum absolute atomic E-state index is 0.164. The molecule has 0 bridgehead atoms. The van der Waals surface area contributed by atoms with E-state index in [2.05, 4.69) is 56.2 Å². The van der Waals surface area contributed by atoms with Crippen LogP contribution >= 0.6 is 0 Å². The van der Waals surface area contributed by atoms with Gasteiger partial charge in [-0.1, -0.05) is 26.3 Å². The number of nitrogens with one attached hydrogen (secondary N) is 8. The van der Waals surface area contributed by atoms with Crippen molar-refractivity contribution in [2.24, 2.45) is 0 Å². The number of aliphatic hydroxyl groups is 2. The molecule has 0 saturated heterocycles. The lowest BCUT2D eigenvalue weighted by molar-refractivity contribution is -0.129. The van der Waals surface area contributed by atoms with Gasteiger partial charge in [-0.3, -0.25) is 9.59 Å². The lowest BCUT2D eigenvalue weighted by Gasteiger charge is -2.11. The molecule has 0 heterocycles. The zero-order valence-electron chi connectivity index (χ0n) is 23.3. The van der Waals surface area contributed by atoms with Crippen LogP contribution < -0.4 is 42.5 Å². The summed E-state index contributed by atoms with van der Waals surface area (Å²) in [5.74, 6) is -0.552. The van der Waals surface area contributed by atoms with E-state index in [1.165, 1.54) is 0 Å². The summed E-state index contributed by atoms with van der Waals surface area (Å²) in [4.78, 5) is 23.7. The fourth-order valence-corrected chi connectivity index (χ4v) is 3.47. The Balaban J connectivity index is 3.35. The summed E-state index contributed by atoms with van der Waals surface area (Å²) in [6.07, 6.45) is 0.961. The first-order valence-corrected chi connectivity index (χ1v) is 14.1. The van der Waals surface area contributed by atoms with Gasteiger partial charge in [0.15, 0.2) is 0 Å². The number of aliphatic hydroxyl groups excluding tert-OH is 2. The Bertz CT molecular complexity index is 497. The molecule has 10 N–H and O–H groups in total. The van der Waals surface area contributed by atoms with Crippen LogP contribution in [0.5, 0.6) is 0 Å². The Morgan fingerprint density at radius 3 is 1.16 bits per heavy atom. The maximum atomic E-state index is 11.9. The number of hydrogen-bond acceptors (Lipinski definition) is 10. The molecule has 2 unspecified atom stereocenters. The molecule has 0 saturated carbocycles. The van der Waals surface area contributed by atoms with Crippen molar-refractivity contribution in [1.29, 1.82) is 0 Å². The molecule has 0 aromatic rings. The van der Waals surface area contributed by atoms with E-state index in [0.717, 1.165) is 79.6 Å². The molecule has 0 aliphatic carbocycles. The van der Waals surface area contributed by atoms with E-state index in [1.54, 1.807) is 0 Å². The standard InChI is InChI=1S/C23H54B2N8O4/c1-24-16-20(34)18-30-9-7-26-3-5-28-11-13-32-22(36)15-23(37)33-14-12-29-6-4-27-8-10-31-19-21(35)17-25-2/h20-21,24-31,34-35H,3-19H2,1-2H3,(H,32,36)(H,33,37).